The van der Waals surface area contributed by atoms with Gasteiger partial charge >= 0.3 is 11.9 Å². The molecule has 0 aliphatic heterocycles. The van der Waals surface area contributed by atoms with Crippen LogP contribution in [-0.4, -0.2) is 25.2 Å². The van der Waals surface area contributed by atoms with Gasteiger partial charge in [-0.25, -0.2) is 0 Å². The smallest absolute Gasteiger partial charge is 0.305 e. The first kappa shape index (κ1) is 22.7. The van der Waals surface area contributed by atoms with Crippen LogP contribution in [0.4, 0.5) is 0 Å². The van der Waals surface area contributed by atoms with E-state index in [-0.39, 0.29) is 36.8 Å². The second-order valence-corrected chi connectivity index (χ2v) is 3.52. The standard InChI is InChI=1S/C12H22O4.2ClH/c1-3-15-11(13)9-7-5-6-8-10-12(14)16-4-2;;/h3-10H2,1-2H3;2*1H. The summed E-state index contributed by atoms with van der Waals surface area (Å²) >= 11 is 0. The van der Waals surface area contributed by atoms with Gasteiger partial charge in [0.25, 0.3) is 0 Å². The molecule has 0 spiro atoms. The number of ether oxygens (including phenoxy) is 2. The Balaban J connectivity index is -0.00000112. The number of esters is 2. The van der Waals surface area contributed by atoms with E-state index < -0.39 is 0 Å². The van der Waals surface area contributed by atoms with E-state index in [1.807, 2.05) is 0 Å². The summed E-state index contributed by atoms with van der Waals surface area (Å²) in [4.78, 5) is 21.9. The van der Waals surface area contributed by atoms with Crippen molar-refractivity contribution < 1.29 is 19.1 Å². The third-order valence-corrected chi connectivity index (χ3v) is 2.12. The van der Waals surface area contributed by atoms with E-state index in [0.717, 1.165) is 25.7 Å². The molecule has 0 amide bonds. The van der Waals surface area contributed by atoms with Crippen LogP contribution in [0.3, 0.4) is 0 Å². The Hall–Kier alpha value is -0.480. The Bertz CT molecular complexity index is 188. The van der Waals surface area contributed by atoms with Crippen molar-refractivity contribution in [2.45, 2.75) is 52.4 Å². The van der Waals surface area contributed by atoms with Crippen LogP contribution in [0, 0.1) is 0 Å². The van der Waals surface area contributed by atoms with E-state index in [0.29, 0.717) is 26.1 Å². The van der Waals surface area contributed by atoms with E-state index in [4.69, 9.17) is 9.47 Å². The molecule has 0 saturated heterocycles. The van der Waals surface area contributed by atoms with Gasteiger partial charge in [-0.15, -0.1) is 24.8 Å². The van der Waals surface area contributed by atoms with Crippen LogP contribution in [0.15, 0.2) is 0 Å². The van der Waals surface area contributed by atoms with Gasteiger partial charge in [0.1, 0.15) is 0 Å². The first-order chi connectivity index (χ1) is 7.70. The molecule has 0 aromatic heterocycles. The number of unbranched alkanes of at least 4 members (excludes halogenated alkanes) is 3. The van der Waals surface area contributed by atoms with Crippen LogP contribution in [0.1, 0.15) is 52.4 Å². The summed E-state index contributed by atoms with van der Waals surface area (Å²) in [6, 6.07) is 0. The maximum absolute atomic E-state index is 11.0. The van der Waals surface area contributed by atoms with Crippen molar-refractivity contribution in [2.24, 2.45) is 0 Å². The average Bonchev–Trinajstić information content (AvgIpc) is 2.24. The largest absolute Gasteiger partial charge is 0.466 e. The fourth-order valence-electron chi connectivity index (χ4n) is 1.36. The van der Waals surface area contributed by atoms with Crippen molar-refractivity contribution >= 4 is 36.8 Å². The van der Waals surface area contributed by atoms with E-state index in [2.05, 4.69) is 0 Å². The summed E-state index contributed by atoms with van der Waals surface area (Å²) in [7, 11) is 0. The van der Waals surface area contributed by atoms with E-state index in [9.17, 15) is 9.59 Å². The summed E-state index contributed by atoms with van der Waals surface area (Å²) < 4.78 is 9.61. The lowest BCUT2D eigenvalue weighted by molar-refractivity contribution is -0.144. The number of hydrogen-bond acceptors (Lipinski definition) is 4. The summed E-state index contributed by atoms with van der Waals surface area (Å²) in [6.07, 6.45) is 4.54. The van der Waals surface area contributed by atoms with Gasteiger partial charge in [0.05, 0.1) is 13.2 Å². The van der Waals surface area contributed by atoms with Gasteiger partial charge < -0.3 is 9.47 Å². The first-order valence-corrected chi connectivity index (χ1v) is 6.02. The molecule has 18 heavy (non-hydrogen) atoms. The molecule has 0 atom stereocenters. The minimum absolute atomic E-state index is 0. The average molecular weight is 303 g/mol. The first-order valence-electron chi connectivity index (χ1n) is 6.02. The fourth-order valence-corrected chi connectivity index (χ4v) is 1.36. The van der Waals surface area contributed by atoms with Gasteiger partial charge in [-0.1, -0.05) is 12.8 Å². The van der Waals surface area contributed by atoms with E-state index in [1.165, 1.54) is 0 Å². The normalized spacial score (nSPS) is 8.78. The fraction of sp³-hybridized carbons (Fsp3) is 0.833. The minimum Gasteiger partial charge on any atom is -0.466 e. The van der Waals surface area contributed by atoms with Gasteiger partial charge in [-0.05, 0) is 26.7 Å². The van der Waals surface area contributed by atoms with Crippen LogP contribution >= 0.6 is 24.8 Å². The molecule has 0 fully saturated rings. The van der Waals surface area contributed by atoms with E-state index >= 15 is 0 Å². The molecule has 0 rings (SSSR count). The number of hydrogen-bond donors (Lipinski definition) is 0. The summed E-state index contributed by atoms with van der Waals surface area (Å²) in [5.74, 6) is -0.263. The van der Waals surface area contributed by atoms with Crippen LogP contribution in [-0.2, 0) is 19.1 Å². The van der Waals surface area contributed by atoms with Gasteiger partial charge in [0, 0.05) is 12.8 Å². The summed E-state index contributed by atoms with van der Waals surface area (Å²) in [6.45, 7) is 4.50. The van der Waals surface area contributed by atoms with Gasteiger partial charge in [0.2, 0.25) is 0 Å². The van der Waals surface area contributed by atoms with Gasteiger partial charge in [-0.2, -0.15) is 0 Å². The Labute approximate surface area is 122 Å². The Kier molecular flexibility index (Phi) is 20.8. The molecule has 0 aliphatic carbocycles. The molecule has 0 aromatic rings. The van der Waals surface area contributed by atoms with Crippen LogP contribution < -0.4 is 0 Å². The highest BCUT2D eigenvalue weighted by atomic mass is 35.5. The van der Waals surface area contributed by atoms with Crippen molar-refractivity contribution in [3.8, 4) is 0 Å². The minimum atomic E-state index is -0.132. The molecule has 6 heteroatoms. The van der Waals surface area contributed by atoms with Crippen LogP contribution in [0.2, 0.25) is 0 Å². The van der Waals surface area contributed by atoms with Crippen molar-refractivity contribution in [3.63, 3.8) is 0 Å². The number of rotatable bonds is 9. The molecule has 0 N–H and O–H groups in total. The maximum atomic E-state index is 11.0. The lowest BCUT2D eigenvalue weighted by atomic mass is 10.1. The Morgan fingerprint density at radius 2 is 1.06 bits per heavy atom. The van der Waals surface area contributed by atoms with Crippen molar-refractivity contribution in [3.05, 3.63) is 0 Å². The quantitative estimate of drug-likeness (QED) is 0.484. The lowest BCUT2D eigenvalue weighted by Gasteiger charge is -2.02. The molecule has 0 heterocycles. The van der Waals surface area contributed by atoms with Gasteiger partial charge in [-0.3, -0.25) is 9.59 Å². The summed E-state index contributed by atoms with van der Waals surface area (Å²) in [5.41, 5.74) is 0. The SMILES string of the molecule is CCOC(=O)CCCCCCC(=O)OCC.Cl.Cl. The second kappa shape index (κ2) is 16.5. The highest BCUT2D eigenvalue weighted by molar-refractivity contribution is 5.85. The van der Waals surface area contributed by atoms with Crippen LogP contribution in [0.25, 0.3) is 0 Å². The van der Waals surface area contributed by atoms with Crippen molar-refractivity contribution in [1.29, 1.82) is 0 Å². The van der Waals surface area contributed by atoms with Crippen LogP contribution in [0.5, 0.6) is 0 Å². The number of carbonyl (C=O) groups excluding carboxylic acids is 2. The van der Waals surface area contributed by atoms with E-state index in [1.54, 1.807) is 13.8 Å². The van der Waals surface area contributed by atoms with Crippen molar-refractivity contribution in [1.82, 2.24) is 0 Å². The topological polar surface area (TPSA) is 52.6 Å². The molecule has 0 aliphatic rings. The molecule has 0 unspecified atom stereocenters. The third kappa shape index (κ3) is 15.5. The highest BCUT2D eigenvalue weighted by Gasteiger charge is 2.02. The Morgan fingerprint density at radius 1 is 0.722 bits per heavy atom. The predicted octanol–water partition coefficient (Wildman–Crippen LogP) is 3.30. The lowest BCUT2D eigenvalue weighted by Crippen LogP contribution is -2.04. The molecule has 0 bridgehead atoms. The summed E-state index contributed by atoms with van der Waals surface area (Å²) in [5, 5.41) is 0. The molecule has 4 nitrogen and oxygen atoms in total. The zero-order valence-electron chi connectivity index (χ0n) is 11.1. The Morgan fingerprint density at radius 3 is 1.33 bits per heavy atom. The van der Waals surface area contributed by atoms with Crippen molar-refractivity contribution in [2.75, 3.05) is 13.2 Å². The third-order valence-electron chi connectivity index (χ3n) is 2.12. The monoisotopic (exact) mass is 302 g/mol. The maximum Gasteiger partial charge on any atom is 0.305 e. The van der Waals surface area contributed by atoms with Gasteiger partial charge in [0.15, 0.2) is 0 Å². The molecular formula is C12H24Cl2O4. The number of carbonyl (C=O) groups is 2. The zero-order chi connectivity index (χ0) is 12.2. The molecule has 0 aromatic carbocycles. The number of halogens is 2. The zero-order valence-corrected chi connectivity index (χ0v) is 12.7. The molecule has 0 saturated carbocycles. The predicted molar refractivity (Wildman–Crippen MR) is 75.5 cm³/mol. The molecule has 0 radical (unpaired) electrons. The highest BCUT2D eigenvalue weighted by Crippen LogP contribution is 2.06. The second-order valence-electron chi connectivity index (χ2n) is 3.52. The molecule has 110 valence electrons. The molecular weight excluding hydrogens is 279 g/mol.